The van der Waals surface area contributed by atoms with Crippen molar-refractivity contribution in [1.82, 2.24) is 19.9 Å². The van der Waals surface area contributed by atoms with Gasteiger partial charge in [-0.05, 0) is 25.8 Å². The lowest BCUT2D eigenvalue weighted by atomic mass is 10.2. The molecule has 1 saturated heterocycles. The van der Waals surface area contributed by atoms with Crippen LogP contribution in [0.15, 0.2) is 18.5 Å². The molecule has 19 heavy (non-hydrogen) atoms. The second kappa shape index (κ2) is 4.97. The molecule has 1 atom stereocenters. The first-order valence-electron chi connectivity index (χ1n) is 6.45. The SMILES string of the molecule is Cc1nn2cccnc2c1C(=O)NC[C@H]1CCCO1. The summed E-state index contributed by atoms with van der Waals surface area (Å²) in [7, 11) is 0. The highest BCUT2D eigenvalue weighted by Gasteiger charge is 2.20. The lowest BCUT2D eigenvalue weighted by Crippen LogP contribution is -2.32. The van der Waals surface area contributed by atoms with Gasteiger partial charge in [0.25, 0.3) is 5.91 Å². The average molecular weight is 260 g/mol. The van der Waals surface area contributed by atoms with Crippen LogP contribution in [-0.4, -0.2) is 39.8 Å². The van der Waals surface area contributed by atoms with Crippen molar-refractivity contribution in [1.29, 1.82) is 0 Å². The number of carbonyl (C=O) groups is 1. The van der Waals surface area contributed by atoms with E-state index in [2.05, 4.69) is 15.4 Å². The van der Waals surface area contributed by atoms with E-state index in [1.165, 1.54) is 0 Å². The Morgan fingerprint density at radius 3 is 3.32 bits per heavy atom. The predicted molar refractivity (Wildman–Crippen MR) is 69.0 cm³/mol. The highest BCUT2D eigenvalue weighted by atomic mass is 16.5. The molecule has 3 heterocycles. The van der Waals surface area contributed by atoms with Gasteiger partial charge in [-0.15, -0.1) is 0 Å². The van der Waals surface area contributed by atoms with E-state index in [9.17, 15) is 4.79 Å². The van der Waals surface area contributed by atoms with Gasteiger partial charge in [-0.3, -0.25) is 4.79 Å². The number of rotatable bonds is 3. The Hall–Kier alpha value is -1.95. The van der Waals surface area contributed by atoms with Crippen molar-refractivity contribution in [3.63, 3.8) is 0 Å². The zero-order chi connectivity index (χ0) is 13.2. The summed E-state index contributed by atoms with van der Waals surface area (Å²) in [5, 5.41) is 7.18. The van der Waals surface area contributed by atoms with Crippen LogP contribution in [0.2, 0.25) is 0 Å². The Kier molecular flexibility index (Phi) is 3.16. The molecule has 6 heteroatoms. The Labute approximate surface area is 110 Å². The average Bonchev–Trinajstić information content (AvgIpc) is 3.02. The fourth-order valence-electron chi connectivity index (χ4n) is 2.36. The van der Waals surface area contributed by atoms with E-state index < -0.39 is 0 Å². The van der Waals surface area contributed by atoms with Gasteiger partial charge in [0, 0.05) is 25.5 Å². The van der Waals surface area contributed by atoms with Gasteiger partial charge < -0.3 is 10.1 Å². The fourth-order valence-corrected chi connectivity index (χ4v) is 2.36. The van der Waals surface area contributed by atoms with Gasteiger partial charge in [-0.25, -0.2) is 9.50 Å². The van der Waals surface area contributed by atoms with Crippen molar-refractivity contribution < 1.29 is 9.53 Å². The van der Waals surface area contributed by atoms with Crippen LogP contribution in [0.3, 0.4) is 0 Å². The summed E-state index contributed by atoms with van der Waals surface area (Å²) in [4.78, 5) is 16.4. The molecule has 2 aromatic rings. The molecule has 1 amide bonds. The van der Waals surface area contributed by atoms with Crippen molar-refractivity contribution >= 4 is 11.6 Å². The van der Waals surface area contributed by atoms with Crippen molar-refractivity contribution in [2.24, 2.45) is 0 Å². The van der Waals surface area contributed by atoms with Crippen LogP contribution in [0.5, 0.6) is 0 Å². The van der Waals surface area contributed by atoms with E-state index >= 15 is 0 Å². The van der Waals surface area contributed by atoms with Crippen LogP contribution >= 0.6 is 0 Å². The maximum atomic E-state index is 12.2. The lowest BCUT2D eigenvalue weighted by Gasteiger charge is -2.10. The topological polar surface area (TPSA) is 68.5 Å². The molecule has 0 bridgehead atoms. The fraction of sp³-hybridized carbons (Fsp3) is 0.462. The van der Waals surface area contributed by atoms with Crippen LogP contribution in [0.4, 0.5) is 0 Å². The summed E-state index contributed by atoms with van der Waals surface area (Å²) >= 11 is 0. The molecule has 3 rings (SSSR count). The normalized spacial score (nSPS) is 18.9. The first-order chi connectivity index (χ1) is 9.25. The number of hydrogen-bond donors (Lipinski definition) is 1. The van der Waals surface area contributed by atoms with E-state index in [1.54, 1.807) is 23.0 Å². The maximum Gasteiger partial charge on any atom is 0.257 e. The predicted octanol–water partition coefficient (Wildman–Crippen LogP) is 0.947. The van der Waals surface area contributed by atoms with Gasteiger partial charge in [-0.2, -0.15) is 5.10 Å². The molecule has 0 aromatic carbocycles. The summed E-state index contributed by atoms with van der Waals surface area (Å²) in [5.41, 5.74) is 1.81. The highest BCUT2D eigenvalue weighted by Crippen LogP contribution is 2.14. The number of aryl methyl sites for hydroxylation is 1. The number of amides is 1. The smallest absolute Gasteiger partial charge is 0.257 e. The molecule has 0 radical (unpaired) electrons. The number of ether oxygens (including phenoxy) is 1. The maximum absolute atomic E-state index is 12.2. The molecule has 2 aromatic heterocycles. The standard InChI is InChI=1S/C13H16N4O2/c1-9-11(12-14-5-3-6-17(12)16-9)13(18)15-8-10-4-2-7-19-10/h3,5-6,10H,2,4,7-8H2,1H3,(H,15,18)/t10-/m1/s1. The summed E-state index contributed by atoms with van der Waals surface area (Å²) < 4.78 is 7.11. The third-order valence-corrected chi connectivity index (χ3v) is 3.31. The lowest BCUT2D eigenvalue weighted by molar-refractivity contribution is 0.0858. The largest absolute Gasteiger partial charge is 0.376 e. The van der Waals surface area contributed by atoms with Gasteiger partial charge in [0.15, 0.2) is 5.65 Å². The molecule has 1 aliphatic heterocycles. The highest BCUT2D eigenvalue weighted by molar-refractivity contribution is 6.00. The Morgan fingerprint density at radius 1 is 1.63 bits per heavy atom. The first kappa shape index (κ1) is 12.1. The van der Waals surface area contributed by atoms with Crippen molar-refractivity contribution in [3.05, 3.63) is 29.7 Å². The number of nitrogens with zero attached hydrogens (tertiary/aromatic N) is 3. The Bertz CT molecular complexity index is 602. The molecule has 1 aliphatic rings. The van der Waals surface area contributed by atoms with E-state index in [0.29, 0.717) is 23.4 Å². The van der Waals surface area contributed by atoms with Crippen molar-refractivity contribution in [2.45, 2.75) is 25.9 Å². The number of nitrogens with one attached hydrogen (secondary N) is 1. The van der Waals surface area contributed by atoms with E-state index in [4.69, 9.17) is 4.74 Å². The van der Waals surface area contributed by atoms with Gasteiger partial charge in [0.1, 0.15) is 5.56 Å². The van der Waals surface area contributed by atoms with Crippen LogP contribution in [0, 0.1) is 6.92 Å². The summed E-state index contributed by atoms with van der Waals surface area (Å²) in [5.74, 6) is -0.137. The van der Waals surface area contributed by atoms with Gasteiger partial charge in [-0.1, -0.05) is 0 Å². The molecule has 0 aliphatic carbocycles. The number of carbonyl (C=O) groups excluding carboxylic acids is 1. The molecule has 6 nitrogen and oxygen atoms in total. The minimum atomic E-state index is -0.137. The molecular formula is C13H16N4O2. The molecule has 0 unspecified atom stereocenters. The summed E-state index contributed by atoms with van der Waals surface area (Å²) in [6.07, 6.45) is 5.66. The zero-order valence-corrected chi connectivity index (χ0v) is 10.8. The minimum Gasteiger partial charge on any atom is -0.376 e. The molecule has 1 fully saturated rings. The molecule has 0 spiro atoms. The third-order valence-electron chi connectivity index (χ3n) is 3.31. The van der Waals surface area contributed by atoms with Crippen molar-refractivity contribution in [3.8, 4) is 0 Å². The quantitative estimate of drug-likeness (QED) is 0.892. The second-order valence-corrected chi connectivity index (χ2v) is 4.69. The van der Waals surface area contributed by atoms with Gasteiger partial charge in [0.05, 0.1) is 11.8 Å². The molecule has 100 valence electrons. The Morgan fingerprint density at radius 2 is 2.53 bits per heavy atom. The number of aromatic nitrogens is 3. The molecular weight excluding hydrogens is 244 g/mol. The first-order valence-corrected chi connectivity index (χ1v) is 6.45. The van der Waals surface area contributed by atoms with Gasteiger partial charge >= 0.3 is 0 Å². The summed E-state index contributed by atoms with van der Waals surface area (Å²) in [6, 6.07) is 1.79. The van der Waals surface area contributed by atoms with E-state index in [1.807, 2.05) is 6.92 Å². The zero-order valence-electron chi connectivity index (χ0n) is 10.8. The third kappa shape index (κ3) is 2.31. The monoisotopic (exact) mass is 260 g/mol. The molecule has 1 N–H and O–H groups in total. The number of fused-ring (bicyclic) bond motifs is 1. The van der Waals surface area contributed by atoms with Crippen LogP contribution < -0.4 is 5.32 Å². The number of hydrogen-bond acceptors (Lipinski definition) is 4. The van der Waals surface area contributed by atoms with Crippen LogP contribution in [0.25, 0.3) is 5.65 Å². The van der Waals surface area contributed by atoms with Gasteiger partial charge in [0.2, 0.25) is 0 Å². The van der Waals surface area contributed by atoms with E-state index in [0.717, 1.165) is 19.4 Å². The second-order valence-electron chi connectivity index (χ2n) is 4.69. The Balaban J connectivity index is 1.79. The van der Waals surface area contributed by atoms with E-state index in [-0.39, 0.29) is 12.0 Å². The summed E-state index contributed by atoms with van der Waals surface area (Å²) in [6.45, 7) is 3.15. The van der Waals surface area contributed by atoms with Crippen molar-refractivity contribution in [2.75, 3.05) is 13.2 Å². The minimum absolute atomic E-state index is 0.137. The van der Waals surface area contributed by atoms with Crippen LogP contribution in [-0.2, 0) is 4.74 Å². The molecule has 0 saturated carbocycles. The van der Waals surface area contributed by atoms with Crippen LogP contribution in [0.1, 0.15) is 28.9 Å².